The first-order valence-electron chi connectivity index (χ1n) is 12.6. The van der Waals surface area contributed by atoms with Gasteiger partial charge in [-0.05, 0) is 63.3 Å². The Morgan fingerprint density at radius 2 is 1.95 bits per heavy atom. The van der Waals surface area contributed by atoms with Gasteiger partial charge in [0.15, 0.2) is 11.0 Å². The summed E-state index contributed by atoms with van der Waals surface area (Å²) in [6.07, 6.45) is 4.91. The van der Waals surface area contributed by atoms with Gasteiger partial charge in [-0.15, -0.1) is 21.5 Å². The number of nitrogens with one attached hydrogen (secondary N) is 2. The number of hydrogen-bond acceptors (Lipinski definition) is 8. The number of anilines is 1. The molecule has 2 heterocycles. The zero-order chi connectivity index (χ0) is 28.1. The highest BCUT2D eigenvalue weighted by Gasteiger charge is 2.28. The summed E-state index contributed by atoms with van der Waals surface area (Å²) >= 11 is 14.7. The molecular weight excluding hydrogens is 581 g/mol. The van der Waals surface area contributed by atoms with Gasteiger partial charge >= 0.3 is 5.97 Å². The van der Waals surface area contributed by atoms with Gasteiger partial charge in [0.1, 0.15) is 5.00 Å². The number of benzene rings is 1. The second kappa shape index (κ2) is 13.2. The van der Waals surface area contributed by atoms with E-state index in [4.69, 9.17) is 27.9 Å². The fraction of sp³-hybridized carbons (Fsp3) is 0.423. The van der Waals surface area contributed by atoms with Crippen LogP contribution in [0.4, 0.5) is 5.00 Å². The Hall–Kier alpha value is -2.60. The number of hydrogen-bond donors (Lipinski definition) is 2. The minimum atomic E-state index is -0.528. The lowest BCUT2D eigenvalue weighted by atomic mass is 10.1. The van der Waals surface area contributed by atoms with Crippen LogP contribution in [0, 0.1) is 0 Å². The highest BCUT2D eigenvalue weighted by atomic mass is 35.5. The van der Waals surface area contributed by atoms with Crippen molar-refractivity contribution in [3.05, 3.63) is 55.6 Å². The van der Waals surface area contributed by atoms with E-state index in [-0.39, 0.29) is 30.0 Å². The van der Waals surface area contributed by atoms with Crippen molar-refractivity contribution in [1.82, 2.24) is 20.1 Å². The molecule has 1 aliphatic rings. The second-order valence-corrected chi connectivity index (χ2v) is 12.3. The standard InChI is InChI=1S/C26H29Cl2N5O4S2/c1-4-37-25(36)21-17-8-6-5-7-9-19(17)39-24(21)30-22(34)14(2)38-26-32-31-20(33(26)3)13-29-23(35)16-11-10-15(27)12-18(16)28/h10-12,14H,4-9,13H2,1-3H3,(H,29,35)(H,30,34)/t14-/m0/s1. The Morgan fingerprint density at radius 3 is 2.69 bits per heavy atom. The van der Waals surface area contributed by atoms with E-state index in [9.17, 15) is 14.4 Å². The van der Waals surface area contributed by atoms with Crippen molar-refractivity contribution in [2.24, 2.45) is 7.05 Å². The number of aryl methyl sites for hydroxylation is 1. The van der Waals surface area contributed by atoms with Gasteiger partial charge in [0.05, 0.1) is 34.6 Å². The van der Waals surface area contributed by atoms with Gasteiger partial charge in [0.2, 0.25) is 5.91 Å². The Kier molecular flexibility index (Phi) is 9.92. The lowest BCUT2D eigenvalue weighted by molar-refractivity contribution is -0.115. The number of thioether (sulfide) groups is 1. The molecule has 2 amide bonds. The van der Waals surface area contributed by atoms with E-state index in [1.807, 2.05) is 0 Å². The molecule has 1 aromatic carbocycles. The molecule has 39 heavy (non-hydrogen) atoms. The summed E-state index contributed by atoms with van der Waals surface area (Å²) in [4.78, 5) is 39.6. The van der Waals surface area contributed by atoms with Crippen LogP contribution in [-0.2, 0) is 36.0 Å². The van der Waals surface area contributed by atoms with Crippen LogP contribution in [0.1, 0.15) is 70.1 Å². The summed E-state index contributed by atoms with van der Waals surface area (Å²) < 4.78 is 7.03. The molecule has 0 unspecified atom stereocenters. The highest BCUT2D eigenvalue weighted by Crippen LogP contribution is 2.38. The second-order valence-electron chi connectivity index (χ2n) is 9.00. The molecule has 0 bridgehead atoms. The summed E-state index contributed by atoms with van der Waals surface area (Å²) in [7, 11) is 1.76. The predicted octanol–water partition coefficient (Wildman–Crippen LogP) is 5.68. The summed E-state index contributed by atoms with van der Waals surface area (Å²) in [5.74, 6) is -0.506. The van der Waals surface area contributed by atoms with Crippen LogP contribution in [0.5, 0.6) is 0 Å². The Bertz CT molecular complexity index is 1390. The number of fused-ring (bicyclic) bond motifs is 1. The minimum Gasteiger partial charge on any atom is -0.462 e. The molecule has 208 valence electrons. The first kappa shape index (κ1) is 29.4. The van der Waals surface area contributed by atoms with Crippen molar-refractivity contribution in [1.29, 1.82) is 0 Å². The van der Waals surface area contributed by atoms with Crippen molar-refractivity contribution >= 4 is 69.1 Å². The molecule has 4 rings (SSSR count). The highest BCUT2D eigenvalue weighted by molar-refractivity contribution is 8.00. The molecule has 13 heteroatoms. The SMILES string of the molecule is CCOC(=O)c1c(NC(=O)[C@H](C)Sc2nnc(CNC(=O)c3ccc(Cl)cc3Cl)n2C)sc2c1CCCCC2. The average Bonchev–Trinajstić information content (AvgIpc) is 3.31. The molecule has 0 fully saturated rings. The monoisotopic (exact) mass is 609 g/mol. The van der Waals surface area contributed by atoms with E-state index < -0.39 is 11.2 Å². The maximum atomic E-state index is 13.2. The van der Waals surface area contributed by atoms with Crippen LogP contribution in [0.15, 0.2) is 23.4 Å². The molecule has 1 aliphatic carbocycles. The number of aromatic nitrogens is 3. The molecule has 2 N–H and O–H groups in total. The zero-order valence-corrected chi connectivity index (χ0v) is 25.0. The molecule has 0 saturated carbocycles. The first-order valence-corrected chi connectivity index (χ1v) is 15.1. The third-order valence-electron chi connectivity index (χ3n) is 6.30. The molecule has 0 saturated heterocycles. The predicted molar refractivity (Wildman–Crippen MR) is 154 cm³/mol. The summed E-state index contributed by atoms with van der Waals surface area (Å²) in [5.41, 5.74) is 1.80. The largest absolute Gasteiger partial charge is 0.462 e. The van der Waals surface area contributed by atoms with E-state index in [2.05, 4.69) is 20.8 Å². The fourth-order valence-electron chi connectivity index (χ4n) is 4.20. The number of amides is 2. The zero-order valence-electron chi connectivity index (χ0n) is 21.8. The molecule has 9 nitrogen and oxygen atoms in total. The maximum absolute atomic E-state index is 13.2. The maximum Gasteiger partial charge on any atom is 0.341 e. The smallest absolute Gasteiger partial charge is 0.341 e. The van der Waals surface area contributed by atoms with Crippen LogP contribution >= 0.6 is 46.3 Å². The lowest BCUT2D eigenvalue weighted by Gasteiger charge is -2.12. The summed E-state index contributed by atoms with van der Waals surface area (Å²) in [6, 6.07) is 4.65. The average molecular weight is 611 g/mol. The summed E-state index contributed by atoms with van der Waals surface area (Å²) in [6.45, 7) is 3.92. The third kappa shape index (κ3) is 6.95. The van der Waals surface area contributed by atoms with E-state index in [0.29, 0.717) is 32.1 Å². The lowest BCUT2D eigenvalue weighted by Crippen LogP contribution is -2.25. The van der Waals surface area contributed by atoms with E-state index in [1.165, 1.54) is 29.2 Å². The third-order valence-corrected chi connectivity index (χ3v) is 9.19. The van der Waals surface area contributed by atoms with Crippen LogP contribution in [0.3, 0.4) is 0 Å². The van der Waals surface area contributed by atoms with Gasteiger partial charge in [-0.1, -0.05) is 41.4 Å². The molecule has 1 atom stereocenters. The number of carbonyl (C=O) groups excluding carboxylic acids is 3. The van der Waals surface area contributed by atoms with Crippen LogP contribution in [0.2, 0.25) is 10.0 Å². The van der Waals surface area contributed by atoms with Crippen LogP contribution in [-0.4, -0.2) is 44.4 Å². The normalized spacial score (nSPS) is 13.8. The van der Waals surface area contributed by atoms with Gasteiger partial charge in [0, 0.05) is 16.9 Å². The molecule has 0 aliphatic heterocycles. The fourth-order valence-corrected chi connectivity index (χ4v) is 6.81. The molecule has 0 radical (unpaired) electrons. The molecule has 3 aromatic rings. The number of thiophene rings is 1. The van der Waals surface area contributed by atoms with Crippen molar-refractivity contribution in [3.8, 4) is 0 Å². The number of ether oxygens (including phenoxy) is 1. The van der Waals surface area contributed by atoms with Crippen LogP contribution < -0.4 is 10.6 Å². The van der Waals surface area contributed by atoms with Gasteiger partial charge in [-0.25, -0.2) is 4.79 Å². The van der Waals surface area contributed by atoms with Crippen LogP contribution in [0.25, 0.3) is 0 Å². The molecular formula is C26H29Cl2N5O4S2. The topological polar surface area (TPSA) is 115 Å². The number of esters is 1. The molecule has 0 spiro atoms. The van der Waals surface area contributed by atoms with Gasteiger partial charge in [0.25, 0.3) is 5.91 Å². The summed E-state index contributed by atoms with van der Waals surface area (Å²) in [5, 5.41) is 15.3. The van der Waals surface area contributed by atoms with Crippen molar-refractivity contribution in [2.45, 2.75) is 62.9 Å². The van der Waals surface area contributed by atoms with Crippen molar-refractivity contribution in [2.75, 3.05) is 11.9 Å². The van der Waals surface area contributed by atoms with Crippen molar-refractivity contribution < 1.29 is 19.1 Å². The Labute approximate surface area is 245 Å². The minimum absolute atomic E-state index is 0.117. The van der Waals surface area contributed by atoms with Gasteiger partial charge in [-0.2, -0.15) is 0 Å². The van der Waals surface area contributed by atoms with E-state index in [1.54, 1.807) is 37.6 Å². The van der Waals surface area contributed by atoms with Gasteiger partial charge < -0.3 is 19.9 Å². The molecule has 2 aromatic heterocycles. The number of halogens is 2. The quantitative estimate of drug-likeness (QED) is 0.182. The first-order chi connectivity index (χ1) is 18.7. The van der Waals surface area contributed by atoms with E-state index >= 15 is 0 Å². The number of carbonyl (C=O) groups is 3. The van der Waals surface area contributed by atoms with Crippen molar-refractivity contribution in [3.63, 3.8) is 0 Å². The number of rotatable bonds is 9. The number of nitrogens with zero attached hydrogens (tertiary/aromatic N) is 3. The Morgan fingerprint density at radius 1 is 1.18 bits per heavy atom. The van der Waals surface area contributed by atoms with E-state index in [0.717, 1.165) is 42.5 Å². The van der Waals surface area contributed by atoms with Gasteiger partial charge in [-0.3, -0.25) is 9.59 Å². The Balaban J connectivity index is 1.41.